The van der Waals surface area contributed by atoms with Crippen LogP contribution in [0.15, 0.2) is 6.20 Å². The molecule has 6 heteroatoms. The third-order valence-corrected chi connectivity index (χ3v) is 2.63. The van der Waals surface area contributed by atoms with Gasteiger partial charge in [-0.3, -0.25) is 0 Å². The van der Waals surface area contributed by atoms with Crippen LogP contribution in [0.4, 0.5) is 19.1 Å². The second kappa shape index (κ2) is 3.36. The van der Waals surface area contributed by atoms with Gasteiger partial charge in [0, 0.05) is 11.9 Å². The van der Waals surface area contributed by atoms with Crippen LogP contribution >= 0.6 is 0 Å². The number of nitrogens with two attached hydrogens (primary N) is 1. The van der Waals surface area contributed by atoms with Gasteiger partial charge in [0.25, 0.3) is 0 Å². The number of hydrogen-bond donors (Lipinski definition) is 1. The Labute approximate surface area is 84.5 Å². The molecule has 1 aliphatic carbocycles. The Kier molecular flexibility index (Phi) is 2.28. The summed E-state index contributed by atoms with van der Waals surface area (Å²) in [5, 5.41) is 0. The fourth-order valence-corrected chi connectivity index (χ4v) is 1.80. The molecule has 0 unspecified atom stereocenters. The molecule has 82 valence electrons. The molecule has 3 nitrogen and oxygen atoms in total. The molecule has 0 aliphatic heterocycles. The first-order chi connectivity index (χ1) is 6.97. The van der Waals surface area contributed by atoms with Gasteiger partial charge in [-0.05, 0) is 24.8 Å². The number of aromatic nitrogens is 2. The molecule has 1 heterocycles. The standard InChI is InChI=1S/C9H10F3N3/c10-9(11,12)6-1-2-7-5(3-6)4-14-8(13)15-7/h4,6H,1-3H2,(H2,13,14,15)/t6-/m1/s1. The number of nitrogen functional groups attached to an aromatic ring is 1. The fourth-order valence-electron chi connectivity index (χ4n) is 1.80. The number of nitrogens with zero attached hydrogens (tertiary/aromatic N) is 2. The smallest absolute Gasteiger partial charge is 0.368 e. The van der Waals surface area contributed by atoms with E-state index in [-0.39, 0.29) is 18.8 Å². The molecule has 0 saturated carbocycles. The van der Waals surface area contributed by atoms with E-state index in [9.17, 15) is 13.2 Å². The van der Waals surface area contributed by atoms with Crippen LogP contribution in [0.3, 0.4) is 0 Å². The number of fused-ring (bicyclic) bond motifs is 1. The Hall–Kier alpha value is -1.33. The molecule has 0 spiro atoms. The maximum absolute atomic E-state index is 12.4. The maximum Gasteiger partial charge on any atom is 0.392 e. The van der Waals surface area contributed by atoms with E-state index >= 15 is 0 Å². The van der Waals surface area contributed by atoms with Crippen molar-refractivity contribution in [2.75, 3.05) is 5.73 Å². The summed E-state index contributed by atoms with van der Waals surface area (Å²) < 4.78 is 37.3. The van der Waals surface area contributed by atoms with E-state index in [2.05, 4.69) is 9.97 Å². The second-order valence-corrected chi connectivity index (χ2v) is 3.68. The molecular formula is C9H10F3N3. The zero-order valence-corrected chi connectivity index (χ0v) is 7.88. The Morgan fingerprint density at radius 1 is 1.40 bits per heavy atom. The highest BCUT2D eigenvalue weighted by Gasteiger charge is 2.41. The number of halogens is 3. The van der Waals surface area contributed by atoms with Crippen molar-refractivity contribution in [3.63, 3.8) is 0 Å². The lowest BCUT2D eigenvalue weighted by molar-refractivity contribution is -0.177. The first kappa shape index (κ1) is 10.2. The van der Waals surface area contributed by atoms with Gasteiger partial charge in [0.1, 0.15) is 0 Å². The Morgan fingerprint density at radius 2 is 2.13 bits per heavy atom. The number of anilines is 1. The lowest BCUT2D eigenvalue weighted by Crippen LogP contribution is -2.29. The Bertz CT molecular complexity index is 375. The number of alkyl halides is 3. The van der Waals surface area contributed by atoms with E-state index in [1.54, 1.807) is 0 Å². The molecule has 0 saturated heterocycles. The van der Waals surface area contributed by atoms with Crippen LogP contribution in [0.2, 0.25) is 0 Å². The highest BCUT2D eigenvalue weighted by atomic mass is 19.4. The van der Waals surface area contributed by atoms with Crippen LogP contribution in [0, 0.1) is 5.92 Å². The third-order valence-electron chi connectivity index (χ3n) is 2.63. The van der Waals surface area contributed by atoms with Gasteiger partial charge < -0.3 is 5.73 Å². The van der Waals surface area contributed by atoms with E-state index in [4.69, 9.17) is 5.73 Å². The van der Waals surface area contributed by atoms with Gasteiger partial charge in [0.05, 0.1) is 5.92 Å². The van der Waals surface area contributed by atoms with Gasteiger partial charge in [-0.1, -0.05) is 0 Å². The van der Waals surface area contributed by atoms with Gasteiger partial charge >= 0.3 is 6.18 Å². The van der Waals surface area contributed by atoms with Gasteiger partial charge in [-0.2, -0.15) is 13.2 Å². The molecule has 15 heavy (non-hydrogen) atoms. The van der Waals surface area contributed by atoms with Crippen molar-refractivity contribution in [2.45, 2.75) is 25.4 Å². The van der Waals surface area contributed by atoms with Crippen molar-refractivity contribution in [1.82, 2.24) is 9.97 Å². The summed E-state index contributed by atoms with van der Waals surface area (Å²) in [4.78, 5) is 7.64. The maximum atomic E-state index is 12.4. The van der Waals surface area contributed by atoms with Gasteiger partial charge in [0.2, 0.25) is 5.95 Å². The zero-order valence-electron chi connectivity index (χ0n) is 7.88. The SMILES string of the molecule is Nc1ncc2c(n1)CC[C@@H](C(F)(F)F)C2. The molecule has 0 amide bonds. The molecule has 0 bridgehead atoms. The molecule has 0 radical (unpaired) electrons. The number of hydrogen-bond acceptors (Lipinski definition) is 3. The summed E-state index contributed by atoms with van der Waals surface area (Å²) in [6.45, 7) is 0. The van der Waals surface area contributed by atoms with E-state index in [1.165, 1.54) is 6.20 Å². The minimum absolute atomic E-state index is 0.0287. The van der Waals surface area contributed by atoms with Crippen LogP contribution in [0.5, 0.6) is 0 Å². The molecular weight excluding hydrogens is 207 g/mol. The lowest BCUT2D eigenvalue weighted by Gasteiger charge is -2.25. The Morgan fingerprint density at radius 3 is 2.80 bits per heavy atom. The lowest BCUT2D eigenvalue weighted by atomic mass is 9.87. The van der Waals surface area contributed by atoms with Crippen LogP contribution < -0.4 is 5.73 Å². The Balaban J connectivity index is 2.24. The van der Waals surface area contributed by atoms with Crippen molar-refractivity contribution in [3.05, 3.63) is 17.5 Å². The molecule has 1 aliphatic rings. The summed E-state index contributed by atoms with van der Waals surface area (Å²) in [7, 11) is 0. The van der Waals surface area contributed by atoms with Crippen molar-refractivity contribution in [3.8, 4) is 0 Å². The number of aryl methyl sites for hydroxylation is 1. The summed E-state index contributed by atoms with van der Waals surface area (Å²) in [5.74, 6) is -1.14. The van der Waals surface area contributed by atoms with E-state index in [1.807, 2.05) is 0 Å². The zero-order chi connectivity index (χ0) is 11.1. The summed E-state index contributed by atoms with van der Waals surface area (Å²) in [6, 6.07) is 0. The van der Waals surface area contributed by atoms with Crippen LogP contribution in [-0.4, -0.2) is 16.1 Å². The predicted octanol–water partition coefficient (Wildman–Crippen LogP) is 1.73. The highest BCUT2D eigenvalue weighted by Crippen LogP contribution is 2.36. The first-order valence-electron chi connectivity index (χ1n) is 4.64. The van der Waals surface area contributed by atoms with Crippen LogP contribution in [0.1, 0.15) is 17.7 Å². The first-order valence-corrected chi connectivity index (χ1v) is 4.64. The van der Waals surface area contributed by atoms with Gasteiger partial charge in [-0.15, -0.1) is 0 Å². The molecule has 0 aromatic carbocycles. The average molecular weight is 217 g/mol. The molecule has 1 aromatic heterocycles. The average Bonchev–Trinajstić information content (AvgIpc) is 2.15. The van der Waals surface area contributed by atoms with Crippen molar-refractivity contribution >= 4 is 5.95 Å². The predicted molar refractivity (Wildman–Crippen MR) is 48.0 cm³/mol. The normalized spacial score (nSPS) is 21.1. The summed E-state index contributed by atoms with van der Waals surface area (Å²) in [6.07, 6.45) is -2.34. The van der Waals surface area contributed by atoms with Crippen LogP contribution in [0.25, 0.3) is 0 Å². The molecule has 0 fully saturated rings. The minimum Gasteiger partial charge on any atom is -0.368 e. The van der Waals surface area contributed by atoms with Crippen molar-refractivity contribution in [2.24, 2.45) is 5.92 Å². The van der Waals surface area contributed by atoms with Crippen molar-refractivity contribution < 1.29 is 13.2 Å². The fraction of sp³-hybridized carbons (Fsp3) is 0.556. The highest BCUT2D eigenvalue weighted by molar-refractivity contribution is 5.27. The molecule has 1 aromatic rings. The number of rotatable bonds is 0. The van der Waals surface area contributed by atoms with Gasteiger partial charge in [-0.25, -0.2) is 9.97 Å². The van der Waals surface area contributed by atoms with E-state index in [0.29, 0.717) is 17.7 Å². The van der Waals surface area contributed by atoms with E-state index in [0.717, 1.165) is 0 Å². The minimum atomic E-state index is -4.13. The summed E-state index contributed by atoms with van der Waals surface area (Å²) >= 11 is 0. The monoisotopic (exact) mass is 217 g/mol. The molecule has 2 rings (SSSR count). The third kappa shape index (κ3) is 2.03. The second-order valence-electron chi connectivity index (χ2n) is 3.68. The molecule has 2 N–H and O–H groups in total. The van der Waals surface area contributed by atoms with Gasteiger partial charge in [0.15, 0.2) is 0 Å². The van der Waals surface area contributed by atoms with Crippen molar-refractivity contribution in [1.29, 1.82) is 0 Å². The molecule has 1 atom stereocenters. The quantitative estimate of drug-likeness (QED) is 0.719. The summed E-state index contributed by atoms with van der Waals surface area (Å²) in [5.41, 5.74) is 6.58. The largest absolute Gasteiger partial charge is 0.392 e. The topological polar surface area (TPSA) is 51.8 Å². The van der Waals surface area contributed by atoms with Crippen LogP contribution in [-0.2, 0) is 12.8 Å². The van der Waals surface area contributed by atoms with E-state index < -0.39 is 12.1 Å².